The molecule has 0 bridgehead atoms. The van der Waals surface area contributed by atoms with E-state index in [-0.39, 0.29) is 0 Å². The molecule has 0 fully saturated rings. The highest BCUT2D eigenvalue weighted by molar-refractivity contribution is 5.41. The van der Waals surface area contributed by atoms with Gasteiger partial charge >= 0.3 is 0 Å². The lowest BCUT2D eigenvalue weighted by atomic mass is 10.1. The van der Waals surface area contributed by atoms with Gasteiger partial charge in [-0.1, -0.05) is 6.07 Å². The maximum Gasteiger partial charge on any atom is 0.128 e. The lowest BCUT2D eigenvalue weighted by molar-refractivity contribution is 0.198. The Morgan fingerprint density at radius 3 is 2.33 bits per heavy atom. The van der Waals surface area contributed by atoms with Gasteiger partial charge in [-0.15, -0.1) is 0 Å². The number of aliphatic hydroxyl groups is 1. The van der Waals surface area contributed by atoms with Gasteiger partial charge in [-0.25, -0.2) is 4.98 Å². The van der Waals surface area contributed by atoms with E-state index < -0.39 is 6.10 Å². The molecule has 0 aliphatic carbocycles. The van der Waals surface area contributed by atoms with Crippen LogP contribution in [0.1, 0.15) is 38.1 Å². The first kappa shape index (κ1) is 12.0. The Labute approximate surface area is 91.8 Å². The molecular formula is C12H20N2O. The third-order valence-electron chi connectivity index (χ3n) is 2.65. The van der Waals surface area contributed by atoms with Gasteiger partial charge in [0.15, 0.2) is 0 Å². The maximum absolute atomic E-state index is 9.49. The van der Waals surface area contributed by atoms with Gasteiger partial charge in [-0.3, -0.25) is 0 Å². The fraction of sp³-hybridized carbons (Fsp3) is 0.583. The molecule has 1 aromatic rings. The Morgan fingerprint density at radius 1 is 1.33 bits per heavy atom. The fourth-order valence-electron chi connectivity index (χ4n) is 1.72. The van der Waals surface area contributed by atoms with E-state index in [1.54, 1.807) is 6.92 Å². The second-order valence-electron chi connectivity index (χ2n) is 3.69. The molecule has 1 atom stereocenters. The van der Waals surface area contributed by atoms with Gasteiger partial charge in [0.25, 0.3) is 0 Å². The predicted molar refractivity (Wildman–Crippen MR) is 63.2 cm³/mol. The van der Waals surface area contributed by atoms with E-state index in [1.165, 1.54) is 0 Å². The van der Waals surface area contributed by atoms with Crippen LogP contribution in [0, 0.1) is 6.92 Å². The van der Waals surface area contributed by atoms with Crippen molar-refractivity contribution in [3.05, 3.63) is 23.4 Å². The number of anilines is 1. The first-order valence-electron chi connectivity index (χ1n) is 5.50. The van der Waals surface area contributed by atoms with E-state index in [2.05, 4.69) is 23.7 Å². The Bertz CT molecular complexity index is 319. The van der Waals surface area contributed by atoms with Crippen LogP contribution in [-0.2, 0) is 0 Å². The summed E-state index contributed by atoms with van der Waals surface area (Å²) in [7, 11) is 0. The van der Waals surface area contributed by atoms with Crippen molar-refractivity contribution in [3.8, 4) is 0 Å². The molecule has 84 valence electrons. The highest BCUT2D eigenvalue weighted by atomic mass is 16.3. The summed E-state index contributed by atoms with van der Waals surface area (Å²) in [6, 6.07) is 3.93. The lowest BCUT2D eigenvalue weighted by Crippen LogP contribution is -2.23. The zero-order valence-corrected chi connectivity index (χ0v) is 9.99. The lowest BCUT2D eigenvalue weighted by Gasteiger charge is -2.21. The molecule has 1 heterocycles. The van der Waals surface area contributed by atoms with Crippen LogP contribution >= 0.6 is 0 Å². The van der Waals surface area contributed by atoms with Crippen LogP contribution in [0.4, 0.5) is 5.82 Å². The van der Waals surface area contributed by atoms with E-state index in [0.29, 0.717) is 0 Å². The summed E-state index contributed by atoms with van der Waals surface area (Å²) >= 11 is 0. The second kappa shape index (κ2) is 5.12. The summed E-state index contributed by atoms with van der Waals surface area (Å²) in [6.07, 6.45) is -0.441. The third-order valence-corrected chi connectivity index (χ3v) is 2.65. The number of aromatic nitrogens is 1. The van der Waals surface area contributed by atoms with Gasteiger partial charge in [0, 0.05) is 24.3 Å². The van der Waals surface area contributed by atoms with E-state index >= 15 is 0 Å². The number of pyridine rings is 1. The van der Waals surface area contributed by atoms with Crippen LogP contribution < -0.4 is 4.90 Å². The first-order chi connectivity index (χ1) is 7.10. The average Bonchev–Trinajstić information content (AvgIpc) is 2.19. The standard InChI is InChI=1S/C12H20N2O/c1-5-14(6-2)12-8-7-11(10(4)15)9(3)13-12/h7-8,10,15H,5-6H2,1-4H3/t10-/m1/s1. The summed E-state index contributed by atoms with van der Waals surface area (Å²) in [5.41, 5.74) is 1.82. The molecule has 1 rings (SSSR count). The van der Waals surface area contributed by atoms with Crippen molar-refractivity contribution < 1.29 is 5.11 Å². The van der Waals surface area contributed by atoms with Gasteiger partial charge in [0.2, 0.25) is 0 Å². The minimum absolute atomic E-state index is 0.441. The van der Waals surface area contributed by atoms with Crippen molar-refractivity contribution in [3.63, 3.8) is 0 Å². The summed E-state index contributed by atoms with van der Waals surface area (Å²) in [5.74, 6) is 0.988. The van der Waals surface area contributed by atoms with E-state index in [1.807, 2.05) is 19.1 Å². The van der Waals surface area contributed by atoms with Gasteiger partial charge < -0.3 is 10.0 Å². The van der Waals surface area contributed by atoms with Crippen molar-refractivity contribution in [2.45, 2.75) is 33.8 Å². The number of aryl methyl sites for hydroxylation is 1. The van der Waals surface area contributed by atoms with Gasteiger partial charge in [-0.2, -0.15) is 0 Å². The molecule has 3 heteroatoms. The molecule has 0 unspecified atom stereocenters. The molecule has 0 radical (unpaired) electrons. The monoisotopic (exact) mass is 208 g/mol. The predicted octanol–water partition coefficient (Wildman–Crippen LogP) is 2.29. The highest BCUT2D eigenvalue weighted by Crippen LogP contribution is 2.19. The Balaban J connectivity index is 3.00. The zero-order valence-electron chi connectivity index (χ0n) is 9.99. The Morgan fingerprint density at radius 2 is 1.93 bits per heavy atom. The topological polar surface area (TPSA) is 36.4 Å². The average molecular weight is 208 g/mol. The Hall–Kier alpha value is -1.09. The van der Waals surface area contributed by atoms with Crippen molar-refractivity contribution in [1.29, 1.82) is 0 Å². The van der Waals surface area contributed by atoms with Crippen molar-refractivity contribution in [2.24, 2.45) is 0 Å². The molecule has 3 nitrogen and oxygen atoms in total. The first-order valence-corrected chi connectivity index (χ1v) is 5.50. The molecule has 0 aliphatic rings. The number of hydrogen-bond acceptors (Lipinski definition) is 3. The SMILES string of the molecule is CCN(CC)c1ccc([C@@H](C)O)c(C)n1. The van der Waals surface area contributed by atoms with Gasteiger partial charge in [0.05, 0.1) is 6.10 Å². The van der Waals surface area contributed by atoms with Gasteiger partial charge in [-0.05, 0) is 33.8 Å². The molecule has 0 amide bonds. The van der Waals surface area contributed by atoms with Crippen LogP contribution in [0.5, 0.6) is 0 Å². The van der Waals surface area contributed by atoms with Crippen molar-refractivity contribution >= 4 is 5.82 Å². The number of hydrogen-bond donors (Lipinski definition) is 1. The maximum atomic E-state index is 9.49. The van der Waals surface area contributed by atoms with Crippen LogP contribution in [0.2, 0.25) is 0 Å². The minimum Gasteiger partial charge on any atom is -0.389 e. The molecule has 15 heavy (non-hydrogen) atoms. The van der Waals surface area contributed by atoms with Crippen LogP contribution in [0.15, 0.2) is 12.1 Å². The number of nitrogens with zero attached hydrogens (tertiary/aromatic N) is 2. The van der Waals surface area contributed by atoms with E-state index in [4.69, 9.17) is 0 Å². The van der Waals surface area contributed by atoms with Crippen LogP contribution in [-0.4, -0.2) is 23.2 Å². The molecule has 0 saturated carbocycles. The summed E-state index contributed by atoms with van der Waals surface area (Å²) in [5, 5.41) is 9.49. The van der Waals surface area contributed by atoms with E-state index in [0.717, 1.165) is 30.2 Å². The summed E-state index contributed by atoms with van der Waals surface area (Å²) < 4.78 is 0. The minimum atomic E-state index is -0.441. The molecule has 1 aromatic heterocycles. The number of rotatable bonds is 4. The summed E-state index contributed by atoms with van der Waals surface area (Å²) in [4.78, 5) is 6.70. The molecule has 0 spiro atoms. The second-order valence-corrected chi connectivity index (χ2v) is 3.69. The molecule has 1 N–H and O–H groups in total. The quantitative estimate of drug-likeness (QED) is 0.824. The van der Waals surface area contributed by atoms with E-state index in [9.17, 15) is 5.11 Å². The van der Waals surface area contributed by atoms with Gasteiger partial charge in [0.1, 0.15) is 5.82 Å². The molecule has 0 saturated heterocycles. The fourth-order valence-corrected chi connectivity index (χ4v) is 1.72. The largest absolute Gasteiger partial charge is 0.389 e. The third kappa shape index (κ3) is 2.69. The summed E-state index contributed by atoms with van der Waals surface area (Å²) in [6.45, 7) is 9.84. The van der Waals surface area contributed by atoms with Crippen molar-refractivity contribution in [1.82, 2.24) is 4.98 Å². The number of aliphatic hydroxyl groups excluding tert-OH is 1. The molecule has 0 aromatic carbocycles. The normalized spacial score (nSPS) is 12.6. The Kier molecular flexibility index (Phi) is 4.09. The van der Waals surface area contributed by atoms with Crippen LogP contribution in [0.3, 0.4) is 0 Å². The van der Waals surface area contributed by atoms with Crippen LogP contribution in [0.25, 0.3) is 0 Å². The zero-order chi connectivity index (χ0) is 11.4. The molecule has 0 aliphatic heterocycles. The van der Waals surface area contributed by atoms with Crippen molar-refractivity contribution in [2.75, 3.05) is 18.0 Å². The highest BCUT2D eigenvalue weighted by Gasteiger charge is 2.09. The smallest absolute Gasteiger partial charge is 0.128 e. The molecular weight excluding hydrogens is 188 g/mol.